The molecule has 1 aromatic heterocycles. The molecule has 6 nitrogen and oxygen atoms in total. The van der Waals surface area contributed by atoms with Gasteiger partial charge in [-0.1, -0.05) is 11.6 Å². The third-order valence-corrected chi connectivity index (χ3v) is 3.35. The van der Waals surface area contributed by atoms with Crippen LogP contribution in [0.5, 0.6) is 0 Å². The van der Waals surface area contributed by atoms with Gasteiger partial charge in [-0.05, 0) is 37.3 Å². The number of rotatable bonds is 4. The molecule has 0 saturated heterocycles. The Labute approximate surface area is 140 Å². The summed E-state index contributed by atoms with van der Waals surface area (Å²) in [4.78, 5) is 28.2. The molecule has 0 saturated carbocycles. The molecule has 120 valence electrons. The minimum Gasteiger partial charge on any atom is -0.335 e. The van der Waals surface area contributed by atoms with E-state index in [-0.39, 0.29) is 16.2 Å². The average Bonchev–Trinajstić information content (AvgIpc) is 2.43. The molecule has 0 bridgehead atoms. The summed E-state index contributed by atoms with van der Waals surface area (Å²) in [6, 6.07) is 5.12. The second-order valence-electron chi connectivity index (χ2n) is 4.65. The van der Waals surface area contributed by atoms with Gasteiger partial charge < -0.3 is 4.98 Å². The van der Waals surface area contributed by atoms with Gasteiger partial charge in [0.05, 0.1) is 17.2 Å². The molecule has 0 aliphatic heterocycles. The standard InChI is InChI=1S/C14H12ClFN4O2S/c1-7(10-3-2-8(16)4-11(10)15)19-20-13(22)6-9-5-12(21)18-14(23)17-9/h2-5H,6H2,1H3,(H,20,22)(H2,17,18,21,23)/b19-7-. The Morgan fingerprint density at radius 2 is 2.13 bits per heavy atom. The Morgan fingerprint density at radius 1 is 1.39 bits per heavy atom. The van der Waals surface area contributed by atoms with Gasteiger partial charge in [0, 0.05) is 17.3 Å². The number of nitrogens with zero attached hydrogens (tertiary/aromatic N) is 1. The van der Waals surface area contributed by atoms with Gasteiger partial charge in [-0.3, -0.25) is 14.6 Å². The van der Waals surface area contributed by atoms with Crippen molar-refractivity contribution in [2.45, 2.75) is 13.3 Å². The summed E-state index contributed by atoms with van der Waals surface area (Å²) in [6.07, 6.45) is -0.0957. The quantitative estimate of drug-likeness (QED) is 0.447. The van der Waals surface area contributed by atoms with E-state index < -0.39 is 17.3 Å². The molecule has 1 aromatic carbocycles. The highest BCUT2D eigenvalue weighted by molar-refractivity contribution is 7.71. The highest BCUT2D eigenvalue weighted by atomic mass is 35.5. The maximum Gasteiger partial charge on any atom is 0.251 e. The fourth-order valence-corrected chi connectivity index (χ4v) is 2.35. The zero-order chi connectivity index (χ0) is 17.0. The van der Waals surface area contributed by atoms with Crippen LogP contribution in [0.4, 0.5) is 4.39 Å². The van der Waals surface area contributed by atoms with Crippen LogP contribution in [0.2, 0.25) is 5.02 Å². The van der Waals surface area contributed by atoms with Crippen molar-refractivity contribution >= 4 is 35.4 Å². The number of aromatic amines is 2. The number of carbonyl (C=O) groups is 1. The van der Waals surface area contributed by atoms with E-state index in [2.05, 4.69) is 20.5 Å². The molecule has 0 aliphatic rings. The van der Waals surface area contributed by atoms with Crippen LogP contribution in [0, 0.1) is 10.6 Å². The number of H-pyrrole nitrogens is 2. The molecule has 2 rings (SSSR count). The van der Waals surface area contributed by atoms with E-state index >= 15 is 0 Å². The lowest BCUT2D eigenvalue weighted by molar-refractivity contribution is -0.120. The second kappa shape index (κ2) is 7.30. The zero-order valence-electron chi connectivity index (χ0n) is 11.9. The highest BCUT2D eigenvalue weighted by Crippen LogP contribution is 2.17. The number of halogens is 2. The maximum atomic E-state index is 13.0. The predicted molar refractivity (Wildman–Crippen MR) is 87.7 cm³/mol. The number of carbonyl (C=O) groups excluding carboxylic acids is 1. The van der Waals surface area contributed by atoms with E-state index in [1.54, 1.807) is 6.92 Å². The normalized spacial score (nSPS) is 11.3. The lowest BCUT2D eigenvalue weighted by Gasteiger charge is -2.05. The number of benzene rings is 1. The van der Waals surface area contributed by atoms with Crippen LogP contribution < -0.4 is 11.0 Å². The molecule has 23 heavy (non-hydrogen) atoms. The molecule has 0 radical (unpaired) electrons. The lowest BCUT2D eigenvalue weighted by atomic mass is 10.1. The van der Waals surface area contributed by atoms with Crippen molar-refractivity contribution in [3.63, 3.8) is 0 Å². The molecule has 0 spiro atoms. The van der Waals surface area contributed by atoms with Crippen molar-refractivity contribution in [2.75, 3.05) is 0 Å². The predicted octanol–water partition coefficient (Wildman–Crippen LogP) is 2.31. The monoisotopic (exact) mass is 354 g/mol. The Balaban J connectivity index is 2.08. The van der Waals surface area contributed by atoms with E-state index in [1.165, 1.54) is 18.2 Å². The molecule has 0 aliphatic carbocycles. The maximum absolute atomic E-state index is 13.0. The summed E-state index contributed by atoms with van der Waals surface area (Å²) in [5, 5.41) is 4.10. The Hall–Kier alpha value is -2.32. The van der Waals surface area contributed by atoms with Crippen LogP contribution in [0.1, 0.15) is 18.2 Å². The molecule has 1 heterocycles. The molecule has 2 aromatic rings. The van der Waals surface area contributed by atoms with E-state index in [0.717, 1.165) is 6.07 Å². The molecule has 1 amide bonds. The lowest BCUT2D eigenvalue weighted by Crippen LogP contribution is -2.23. The van der Waals surface area contributed by atoms with Crippen molar-refractivity contribution < 1.29 is 9.18 Å². The average molecular weight is 355 g/mol. The van der Waals surface area contributed by atoms with Crippen molar-refractivity contribution in [2.24, 2.45) is 5.10 Å². The van der Waals surface area contributed by atoms with Crippen LogP contribution in [0.25, 0.3) is 0 Å². The van der Waals surface area contributed by atoms with Crippen molar-refractivity contribution in [1.29, 1.82) is 0 Å². The van der Waals surface area contributed by atoms with Gasteiger partial charge in [-0.25, -0.2) is 9.82 Å². The van der Waals surface area contributed by atoms with Crippen molar-refractivity contribution in [1.82, 2.24) is 15.4 Å². The van der Waals surface area contributed by atoms with E-state index in [9.17, 15) is 14.0 Å². The largest absolute Gasteiger partial charge is 0.335 e. The molecule has 0 fully saturated rings. The van der Waals surface area contributed by atoms with Crippen LogP contribution in [0.3, 0.4) is 0 Å². The summed E-state index contributed by atoms with van der Waals surface area (Å²) >= 11 is 10.7. The number of hydrazone groups is 1. The van der Waals surface area contributed by atoms with E-state index in [4.69, 9.17) is 23.8 Å². The van der Waals surface area contributed by atoms with Crippen LogP contribution in [-0.4, -0.2) is 21.6 Å². The zero-order valence-corrected chi connectivity index (χ0v) is 13.5. The van der Waals surface area contributed by atoms with Crippen LogP contribution >= 0.6 is 23.8 Å². The van der Waals surface area contributed by atoms with Crippen LogP contribution in [0.15, 0.2) is 34.2 Å². The molecule has 3 N–H and O–H groups in total. The summed E-state index contributed by atoms with van der Waals surface area (Å²) in [5.41, 5.74) is 3.23. The smallest absolute Gasteiger partial charge is 0.251 e. The SMILES string of the molecule is C/C(=N/NC(=O)Cc1cc(=O)[nH]c(=S)[nH]1)c1ccc(F)cc1Cl. The number of hydrogen-bond acceptors (Lipinski definition) is 4. The highest BCUT2D eigenvalue weighted by Gasteiger charge is 2.07. The number of hydrogen-bond donors (Lipinski definition) is 3. The Kier molecular flexibility index (Phi) is 5.41. The fourth-order valence-electron chi connectivity index (χ4n) is 1.82. The van der Waals surface area contributed by atoms with Gasteiger partial charge in [0.2, 0.25) is 5.91 Å². The van der Waals surface area contributed by atoms with Gasteiger partial charge in [-0.15, -0.1) is 0 Å². The third kappa shape index (κ3) is 4.83. The third-order valence-electron chi connectivity index (χ3n) is 2.84. The summed E-state index contributed by atoms with van der Waals surface area (Å²) in [7, 11) is 0. The molecular formula is C14H12ClFN4O2S. The van der Waals surface area contributed by atoms with E-state index in [1.807, 2.05) is 0 Å². The van der Waals surface area contributed by atoms with Crippen molar-refractivity contribution in [3.05, 3.63) is 61.5 Å². The van der Waals surface area contributed by atoms with Gasteiger partial charge >= 0.3 is 0 Å². The van der Waals surface area contributed by atoms with Crippen LogP contribution in [-0.2, 0) is 11.2 Å². The minimum absolute atomic E-state index is 0.0957. The van der Waals surface area contributed by atoms with Gasteiger partial charge in [0.1, 0.15) is 5.82 Å². The van der Waals surface area contributed by atoms with E-state index in [0.29, 0.717) is 17.0 Å². The summed E-state index contributed by atoms with van der Waals surface area (Å²) in [5.74, 6) is -0.904. The summed E-state index contributed by atoms with van der Waals surface area (Å²) in [6.45, 7) is 1.63. The minimum atomic E-state index is -0.458. The Morgan fingerprint density at radius 3 is 2.78 bits per heavy atom. The van der Waals surface area contributed by atoms with Gasteiger partial charge in [-0.2, -0.15) is 5.10 Å². The fraction of sp³-hybridized carbons (Fsp3) is 0.143. The molecule has 0 unspecified atom stereocenters. The summed E-state index contributed by atoms with van der Waals surface area (Å²) < 4.78 is 13.1. The van der Waals surface area contributed by atoms with Crippen molar-refractivity contribution in [3.8, 4) is 0 Å². The number of amides is 1. The number of nitrogens with one attached hydrogen (secondary N) is 3. The molecular weight excluding hydrogens is 343 g/mol. The first-order valence-corrected chi connectivity index (χ1v) is 7.25. The number of aromatic nitrogens is 2. The Bertz CT molecular complexity index is 863. The second-order valence-corrected chi connectivity index (χ2v) is 5.46. The first kappa shape index (κ1) is 17.0. The topological polar surface area (TPSA) is 90.1 Å². The first-order valence-electron chi connectivity index (χ1n) is 6.46. The first-order chi connectivity index (χ1) is 10.8. The molecule has 9 heteroatoms. The molecule has 0 atom stereocenters. The van der Waals surface area contributed by atoms with Gasteiger partial charge in [0.25, 0.3) is 5.56 Å². The van der Waals surface area contributed by atoms with Gasteiger partial charge in [0.15, 0.2) is 4.77 Å².